The molecule has 1 atom stereocenters. The molecule has 1 aromatic heterocycles. The number of likely N-dealkylation sites (N-methyl/N-ethyl adjacent to an activating group) is 1. The Bertz CT molecular complexity index is 436. The highest BCUT2D eigenvalue weighted by Gasteiger charge is 2.12. The first kappa shape index (κ1) is 11.9. The zero-order chi connectivity index (χ0) is 12.1. The van der Waals surface area contributed by atoms with Crippen LogP contribution in [-0.4, -0.2) is 6.54 Å². The molecule has 3 heteroatoms. The predicted octanol–water partition coefficient (Wildman–Crippen LogP) is 3.31. The summed E-state index contributed by atoms with van der Waals surface area (Å²) in [6, 6.07) is 10.6. The molecule has 0 bridgehead atoms. The van der Waals surface area contributed by atoms with Crippen LogP contribution in [0.5, 0.6) is 0 Å². The van der Waals surface area contributed by atoms with Gasteiger partial charge in [0.15, 0.2) is 0 Å². The molecule has 1 aromatic carbocycles. The van der Waals surface area contributed by atoms with E-state index in [4.69, 9.17) is 4.42 Å². The van der Waals surface area contributed by atoms with Crippen molar-refractivity contribution >= 4 is 0 Å². The molecule has 17 heavy (non-hydrogen) atoms. The molecule has 0 fully saturated rings. The second-order valence-corrected chi connectivity index (χ2v) is 3.95. The van der Waals surface area contributed by atoms with Crippen LogP contribution in [-0.2, 0) is 6.42 Å². The van der Waals surface area contributed by atoms with Gasteiger partial charge in [0, 0.05) is 12.5 Å². The summed E-state index contributed by atoms with van der Waals surface area (Å²) in [7, 11) is 0. The number of nitrogens with one attached hydrogen (secondary N) is 1. The Kier molecular flexibility index (Phi) is 3.94. The minimum atomic E-state index is -0.206. The number of benzene rings is 1. The molecule has 0 aliphatic rings. The third-order valence-electron chi connectivity index (χ3n) is 2.71. The van der Waals surface area contributed by atoms with Gasteiger partial charge in [-0.25, -0.2) is 4.39 Å². The van der Waals surface area contributed by atoms with Gasteiger partial charge in [-0.15, -0.1) is 0 Å². The summed E-state index contributed by atoms with van der Waals surface area (Å²) in [4.78, 5) is 0. The minimum Gasteiger partial charge on any atom is -0.469 e. The molecular formula is C14H16FNO. The van der Waals surface area contributed by atoms with Gasteiger partial charge >= 0.3 is 0 Å². The first-order valence-electron chi connectivity index (χ1n) is 5.81. The molecule has 2 nitrogen and oxygen atoms in total. The van der Waals surface area contributed by atoms with Crippen molar-refractivity contribution in [1.29, 1.82) is 0 Å². The fraction of sp³-hybridized carbons (Fsp3) is 0.286. The van der Waals surface area contributed by atoms with Crippen LogP contribution < -0.4 is 5.32 Å². The van der Waals surface area contributed by atoms with Gasteiger partial charge in [-0.2, -0.15) is 0 Å². The van der Waals surface area contributed by atoms with Gasteiger partial charge < -0.3 is 9.73 Å². The van der Waals surface area contributed by atoms with Crippen LogP contribution in [0.25, 0.3) is 0 Å². The van der Waals surface area contributed by atoms with Crippen LogP contribution in [0.2, 0.25) is 0 Å². The Morgan fingerprint density at radius 1 is 1.24 bits per heavy atom. The lowest BCUT2D eigenvalue weighted by molar-refractivity contribution is 0.454. The molecule has 1 unspecified atom stereocenters. The minimum absolute atomic E-state index is 0.159. The molecule has 0 radical (unpaired) electrons. The Labute approximate surface area is 100 Å². The van der Waals surface area contributed by atoms with Crippen LogP contribution in [0.15, 0.2) is 47.1 Å². The highest BCUT2D eigenvalue weighted by molar-refractivity contribution is 5.21. The van der Waals surface area contributed by atoms with Crippen LogP contribution in [0.1, 0.15) is 24.3 Å². The molecule has 2 rings (SSSR count). The van der Waals surface area contributed by atoms with Crippen molar-refractivity contribution in [3.05, 3.63) is 59.8 Å². The summed E-state index contributed by atoms with van der Waals surface area (Å²) >= 11 is 0. The Morgan fingerprint density at radius 2 is 2.00 bits per heavy atom. The molecule has 0 spiro atoms. The first-order valence-corrected chi connectivity index (χ1v) is 5.81. The second kappa shape index (κ2) is 5.64. The van der Waals surface area contributed by atoms with Gasteiger partial charge in [0.25, 0.3) is 0 Å². The van der Waals surface area contributed by atoms with Crippen LogP contribution >= 0.6 is 0 Å². The van der Waals surface area contributed by atoms with Crippen LogP contribution in [0.3, 0.4) is 0 Å². The smallest absolute Gasteiger partial charge is 0.123 e. The highest BCUT2D eigenvalue weighted by atomic mass is 19.1. The van der Waals surface area contributed by atoms with E-state index in [1.807, 2.05) is 24.3 Å². The largest absolute Gasteiger partial charge is 0.469 e. The maximum atomic E-state index is 12.9. The quantitative estimate of drug-likeness (QED) is 0.857. The van der Waals surface area contributed by atoms with Crippen LogP contribution in [0, 0.1) is 5.82 Å². The lowest BCUT2D eigenvalue weighted by atomic mass is 10.0. The monoisotopic (exact) mass is 233 g/mol. The third-order valence-corrected chi connectivity index (χ3v) is 2.71. The van der Waals surface area contributed by atoms with Gasteiger partial charge in [0.1, 0.15) is 11.6 Å². The van der Waals surface area contributed by atoms with Crippen molar-refractivity contribution in [1.82, 2.24) is 5.32 Å². The molecular weight excluding hydrogens is 217 g/mol. The summed E-state index contributed by atoms with van der Waals surface area (Å²) in [6.45, 7) is 2.92. The molecule has 0 aliphatic carbocycles. The molecule has 0 aliphatic heterocycles. The van der Waals surface area contributed by atoms with E-state index >= 15 is 0 Å². The van der Waals surface area contributed by atoms with E-state index in [2.05, 4.69) is 12.2 Å². The zero-order valence-electron chi connectivity index (χ0n) is 9.82. The van der Waals surface area contributed by atoms with Crippen LogP contribution in [0.4, 0.5) is 4.39 Å². The highest BCUT2D eigenvalue weighted by Crippen LogP contribution is 2.19. The van der Waals surface area contributed by atoms with Gasteiger partial charge in [-0.05, 0) is 36.4 Å². The summed E-state index contributed by atoms with van der Waals surface area (Å²) in [5, 5.41) is 3.37. The predicted molar refractivity (Wildman–Crippen MR) is 65.2 cm³/mol. The normalized spacial score (nSPS) is 12.6. The van der Waals surface area contributed by atoms with Crippen molar-refractivity contribution < 1.29 is 8.81 Å². The average molecular weight is 233 g/mol. The molecule has 0 saturated heterocycles. The fourth-order valence-electron chi connectivity index (χ4n) is 1.88. The summed E-state index contributed by atoms with van der Waals surface area (Å²) in [5.41, 5.74) is 1.07. The molecule has 0 amide bonds. The molecule has 90 valence electrons. The van der Waals surface area contributed by atoms with Crippen molar-refractivity contribution in [2.24, 2.45) is 0 Å². The summed E-state index contributed by atoms with van der Waals surface area (Å²) in [5.74, 6) is 0.724. The fourth-order valence-corrected chi connectivity index (χ4v) is 1.88. The zero-order valence-corrected chi connectivity index (χ0v) is 9.82. The topological polar surface area (TPSA) is 25.2 Å². The van der Waals surface area contributed by atoms with E-state index in [1.165, 1.54) is 12.1 Å². The number of rotatable bonds is 5. The van der Waals surface area contributed by atoms with Crippen molar-refractivity contribution in [2.75, 3.05) is 6.54 Å². The number of furan rings is 1. The van der Waals surface area contributed by atoms with Crippen molar-refractivity contribution in [2.45, 2.75) is 19.4 Å². The maximum Gasteiger partial charge on any atom is 0.123 e. The van der Waals surface area contributed by atoms with E-state index in [1.54, 1.807) is 6.26 Å². The van der Waals surface area contributed by atoms with Gasteiger partial charge in [0.05, 0.1) is 6.26 Å². The van der Waals surface area contributed by atoms with Crippen molar-refractivity contribution in [3.8, 4) is 0 Å². The van der Waals surface area contributed by atoms with E-state index in [9.17, 15) is 4.39 Å². The summed E-state index contributed by atoms with van der Waals surface area (Å²) < 4.78 is 18.2. The molecule has 1 N–H and O–H groups in total. The van der Waals surface area contributed by atoms with E-state index < -0.39 is 0 Å². The standard InChI is InChI=1S/C14H16FNO/c1-2-16-14(10-13-4-3-9-17-13)11-5-7-12(15)8-6-11/h3-9,14,16H,2,10H2,1H3. The lowest BCUT2D eigenvalue weighted by Crippen LogP contribution is -2.22. The Hall–Kier alpha value is -1.61. The number of hydrogen-bond acceptors (Lipinski definition) is 2. The molecule has 0 saturated carbocycles. The second-order valence-electron chi connectivity index (χ2n) is 3.95. The third kappa shape index (κ3) is 3.17. The molecule has 2 aromatic rings. The Balaban J connectivity index is 2.13. The number of halogens is 1. The maximum absolute atomic E-state index is 12.9. The van der Waals surface area contributed by atoms with E-state index in [-0.39, 0.29) is 11.9 Å². The summed E-state index contributed by atoms with van der Waals surface area (Å²) in [6.07, 6.45) is 2.44. The lowest BCUT2D eigenvalue weighted by Gasteiger charge is -2.17. The van der Waals surface area contributed by atoms with E-state index in [0.29, 0.717) is 0 Å². The first-order chi connectivity index (χ1) is 8.29. The van der Waals surface area contributed by atoms with E-state index in [0.717, 1.165) is 24.3 Å². The number of hydrogen-bond donors (Lipinski definition) is 1. The van der Waals surface area contributed by atoms with Crippen molar-refractivity contribution in [3.63, 3.8) is 0 Å². The van der Waals surface area contributed by atoms with Gasteiger partial charge in [-0.1, -0.05) is 19.1 Å². The Morgan fingerprint density at radius 3 is 2.59 bits per heavy atom. The van der Waals surface area contributed by atoms with Gasteiger partial charge in [-0.3, -0.25) is 0 Å². The molecule has 1 heterocycles. The van der Waals surface area contributed by atoms with Gasteiger partial charge in [0.2, 0.25) is 0 Å². The average Bonchev–Trinajstić information content (AvgIpc) is 2.82. The SMILES string of the molecule is CCNC(Cc1ccco1)c1ccc(F)cc1.